The highest BCUT2D eigenvalue weighted by atomic mass is 15.0. The van der Waals surface area contributed by atoms with Crippen molar-refractivity contribution >= 4 is 11.0 Å². The Labute approximate surface area is 95.5 Å². The summed E-state index contributed by atoms with van der Waals surface area (Å²) in [5.74, 6) is 0. The first kappa shape index (κ1) is 11.1. The summed E-state index contributed by atoms with van der Waals surface area (Å²) in [6.07, 6.45) is 1.82. The van der Waals surface area contributed by atoms with Gasteiger partial charge in [-0.1, -0.05) is 20.8 Å². The summed E-state index contributed by atoms with van der Waals surface area (Å²) < 4.78 is 2.02. The minimum absolute atomic E-state index is 0.00275. The predicted octanol–water partition coefficient (Wildman–Crippen LogP) is 1.72. The quantitative estimate of drug-likeness (QED) is 0.793. The van der Waals surface area contributed by atoms with Gasteiger partial charge in [0, 0.05) is 19.0 Å². The van der Waals surface area contributed by atoms with Crippen LogP contribution in [-0.4, -0.2) is 14.5 Å². The molecule has 0 unspecified atom stereocenters. The van der Waals surface area contributed by atoms with Gasteiger partial charge in [0.15, 0.2) is 0 Å². The van der Waals surface area contributed by atoms with Crippen LogP contribution in [-0.2, 0) is 19.0 Å². The van der Waals surface area contributed by atoms with E-state index in [9.17, 15) is 0 Å². The minimum Gasteiger partial charge on any atom is -0.332 e. The van der Waals surface area contributed by atoms with Crippen LogP contribution in [0.25, 0.3) is 11.0 Å². The van der Waals surface area contributed by atoms with Crippen molar-refractivity contribution in [3.63, 3.8) is 0 Å². The van der Waals surface area contributed by atoms with E-state index in [2.05, 4.69) is 30.7 Å². The van der Waals surface area contributed by atoms with Crippen LogP contribution in [0.2, 0.25) is 0 Å². The molecule has 0 saturated carbocycles. The monoisotopic (exact) mass is 218 g/mol. The molecule has 2 N–H and O–H groups in total. The van der Waals surface area contributed by atoms with Crippen molar-refractivity contribution in [1.82, 2.24) is 14.5 Å². The zero-order valence-corrected chi connectivity index (χ0v) is 10.3. The predicted molar refractivity (Wildman–Crippen MR) is 65.1 cm³/mol. The van der Waals surface area contributed by atoms with Gasteiger partial charge in [0.1, 0.15) is 0 Å². The van der Waals surface area contributed by atoms with Gasteiger partial charge >= 0.3 is 0 Å². The lowest BCUT2D eigenvalue weighted by Crippen LogP contribution is -2.17. The number of hydrogen-bond acceptors (Lipinski definition) is 3. The third-order valence-corrected chi connectivity index (χ3v) is 2.67. The lowest BCUT2D eigenvalue weighted by molar-refractivity contribution is 0.569. The Balaban J connectivity index is 2.82. The van der Waals surface area contributed by atoms with Crippen molar-refractivity contribution in [1.29, 1.82) is 0 Å². The van der Waals surface area contributed by atoms with Gasteiger partial charge in [-0.2, -0.15) is 0 Å². The maximum atomic E-state index is 5.66. The largest absolute Gasteiger partial charge is 0.332 e. The first-order valence-electron chi connectivity index (χ1n) is 5.45. The summed E-state index contributed by atoms with van der Waals surface area (Å²) in [5, 5.41) is 0. The molecule has 2 heterocycles. The van der Waals surface area contributed by atoms with E-state index in [-0.39, 0.29) is 5.41 Å². The average molecular weight is 218 g/mol. The van der Waals surface area contributed by atoms with Gasteiger partial charge in [-0.15, -0.1) is 0 Å². The van der Waals surface area contributed by atoms with Crippen molar-refractivity contribution < 1.29 is 0 Å². The van der Waals surface area contributed by atoms with Crippen molar-refractivity contribution in [2.45, 2.75) is 32.7 Å². The molecule has 0 fully saturated rings. The highest BCUT2D eigenvalue weighted by molar-refractivity contribution is 5.79. The Morgan fingerprint density at radius 1 is 1.38 bits per heavy atom. The molecule has 0 aliphatic carbocycles. The zero-order valence-electron chi connectivity index (χ0n) is 10.3. The lowest BCUT2D eigenvalue weighted by Gasteiger charge is -2.20. The second kappa shape index (κ2) is 3.56. The SMILES string of the molecule is Cn1cnc2cc(CN)nc(C(C)(C)C)c21. The minimum atomic E-state index is -0.00275. The third kappa shape index (κ3) is 1.69. The van der Waals surface area contributed by atoms with Crippen molar-refractivity contribution in [3.8, 4) is 0 Å². The summed E-state index contributed by atoms with van der Waals surface area (Å²) in [5.41, 5.74) is 9.70. The van der Waals surface area contributed by atoms with E-state index in [4.69, 9.17) is 5.73 Å². The van der Waals surface area contributed by atoms with Crippen LogP contribution in [0.4, 0.5) is 0 Å². The van der Waals surface area contributed by atoms with Crippen molar-refractivity contribution in [3.05, 3.63) is 23.8 Å². The molecule has 2 aromatic heterocycles. The van der Waals surface area contributed by atoms with Gasteiger partial charge in [0.2, 0.25) is 0 Å². The van der Waals surface area contributed by atoms with Gasteiger partial charge in [-0.3, -0.25) is 4.98 Å². The Morgan fingerprint density at radius 2 is 2.06 bits per heavy atom. The van der Waals surface area contributed by atoms with E-state index < -0.39 is 0 Å². The van der Waals surface area contributed by atoms with E-state index in [1.807, 2.05) is 24.0 Å². The molecule has 2 aromatic rings. The van der Waals surface area contributed by atoms with E-state index in [0.717, 1.165) is 22.4 Å². The van der Waals surface area contributed by atoms with Crippen molar-refractivity contribution in [2.75, 3.05) is 0 Å². The van der Waals surface area contributed by atoms with Crippen LogP contribution < -0.4 is 5.73 Å². The molecule has 86 valence electrons. The van der Waals surface area contributed by atoms with Gasteiger partial charge in [-0.05, 0) is 6.07 Å². The number of nitrogens with two attached hydrogens (primary N) is 1. The van der Waals surface area contributed by atoms with Crippen LogP contribution in [0.15, 0.2) is 12.4 Å². The van der Waals surface area contributed by atoms with Gasteiger partial charge in [0.25, 0.3) is 0 Å². The molecule has 0 amide bonds. The van der Waals surface area contributed by atoms with Crippen LogP contribution >= 0.6 is 0 Å². The number of imidazole rings is 1. The number of rotatable bonds is 1. The van der Waals surface area contributed by atoms with Gasteiger partial charge in [-0.25, -0.2) is 4.98 Å². The number of aryl methyl sites for hydroxylation is 1. The van der Waals surface area contributed by atoms with Gasteiger partial charge in [0.05, 0.1) is 28.7 Å². The Morgan fingerprint density at radius 3 is 2.62 bits per heavy atom. The molecule has 0 spiro atoms. The molecule has 0 bridgehead atoms. The average Bonchev–Trinajstić information content (AvgIpc) is 2.58. The van der Waals surface area contributed by atoms with E-state index in [1.54, 1.807) is 0 Å². The molecule has 0 atom stereocenters. The smallest absolute Gasteiger partial charge is 0.0956 e. The zero-order chi connectivity index (χ0) is 11.9. The molecule has 16 heavy (non-hydrogen) atoms. The number of fused-ring (bicyclic) bond motifs is 1. The molecule has 4 nitrogen and oxygen atoms in total. The van der Waals surface area contributed by atoms with E-state index in [0.29, 0.717) is 6.54 Å². The third-order valence-electron chi connectivity index (χ3n) is 2.67. The maximum Gasteiger partial charge on any atom is 0.0956 e. The lowest BCUT2D eigenvalue weighted by atomic mass is 9.90. The highest BCUT2D eigenvalue weighted by Gasteiger charge is 2.21. The number of aromatic nitrogens is 3. The Bertz CT molecular complexity index is 520. The molecule has 0 aliphatic heterocycles. The Kier molecular flexibility index (Phi) is 2.46. The molecule has 0 aromatic carbocycles. The van der Waals surface area contributed by atoms with Crippen molar-refractivity contribution in [2.24, 2.45) is 12.8 Å². The second-order valence-corrected chi connectivity index (χ2v) is 5.14. The van der Waals surface area contributed by atoms with E-state index in [1.165, 1.54) is 0 Å². The van der Waals surface area contributed by atoms with Crippen LogP contribution in [0.3, 0.4) is 0 Å². The van der Waals surface area contributed by atoms with Crippen LogP contribution in [0, 0.1) is 0 Å². The molecule has 2 rings (SSSR count). The number of pyridine rings is 1. The van der Waals surface area contributed by atoms with Gasteiger partial charge < -0.3 is 10.3 Å². The normalized spacial score (nSPS) is 12.3. The van der Waals surface area contributed by atoms with Crippen LogP contribution in [0.1, 0.15) is 32.2 Å². The Hall–Kier alpha value is -1.42. The number of nitrogens with zero attached hydrogens (tertiary/aromatic N) is 3. The summed E-state index contributed by atoms with van der Waals surface area (Å²) in [4.78, 5) is 9.01. The maximum absolute atomic E-state index is 5.66. The number of hydrogen-bond donors (Lipinski definition) is 1. The standard InChI is InChI=1S/C12H18N4/c1-12(2,3)11-10-9(14-7-16(10)4)5-8(6-13)15-11/h5,7H,6,13H2,1-4H3. The molecule has 0 radical (unpaired) electrons. The molecule has 4 heteroatoms. The fourth-order valence-electron chi connectivity index (χ4n) is 1.86. The molecule has 0 saturated heterocycles. The summed E-state index contributed by atoms with van der Waals surface area (Å²) >= 11 is 0. The van der Waals surface area contributed by atoms with Crippen LogP contribution in [0.5, 0.6) is 0 Å². The second-order valence-electron chi connectivity index (χ2n) is 5.14. The fraction of sp³-hybridized carbons (Fsp3) is 0.500. The summed E-state index contributed by atoms with van der Waals surface area (Å²) in [7, 11) is 1.99. The topological polar surface area (TPSA) is 56.7 Å². The summed E-state index contributed by atoms with van der Waals surface area (Å²) in [6.45, 7) is 6.92. The summed E-state index contributed by atoms with van der Waals surface area (Å²) in [6, 6.07) is 1.96. The molecule has 0 aliphatic rings. The first-order valence-corrected chi connectivity index (χ1v) is 5.45. The molecular formula is C12H18N4. The van der Waals surface area contributed by atoms with E-state index >= 15 is 0 Å². The highest BCUT2D eigenvalue weighted by Crippen LogP contribution is 2.27. The fourth-order valence-corrected chi connectivity index (χ4v) is 1.86. The first-order chi connectivity index (χ1) is 7.43. The molecular weight excluding hydrogens is 200 g/mol.